The number of rotatable bonds is 0. The first-order chi connectivity index (χ1) is 4.00. The van der Waals surface area contributed by atoms with Gasteiger partial charge < -0.3 is 55.2 Å². The summed E-state index contributed by atoms with van der Waals surface area (Å²) in [6.07, 6.45) is 0. The van der Waals surface area contributed by atoms with E-state index in [1.807, 2.05) is 0 Å². The minimum atomic E-state index is -4.64. The largest absolute Gasteiger partial charge is 0.466 e. The van der Waals surface area contributed by atoms with Crippen molar-refractivity contribution in [2.75, 3.05) is 0 Å². The van der Waals surface area contributed by atoms with E-state index in [2.05, 4.69) is 5.50 Å². The van der Waals surface area contributed by atoms with Gasteiger partial charge in [-0.05, 0) is 0 Å². The van der Waals surface area contributed by atoms with Crippen LogP contribution in [0.5, 0.6) is 0 Å². The van der Waals surface area contributed by atoms with Gasteiger partial charge in [0.25, 0.3) is 0 Å². The van der Waals surface area contributed by atoms with Gasteiger partial charge in [0.1, 0.15) is 0 Å². The van der Waals surface area contributed by atoms with Gasteiger partial charge in [-0.2, -0.15) is 0 Å². The molecule has 0 aromatic rings. The van der Waals surface area contributed by atoms with Crippen LogP contribution in [0.1, 0.15) is 0 Å². The number of phosphoric acid groups is 1. The fraction of sp³-hybridized carbons (Fsp3) is 0. The molecule has 0 aliphatic carbocycles. The third-order valence-corrected chi connectivity index (χ3v) is 0. The van der Waals surface area contributed by atoms with E-state index >= 15 is 0 Å². The van der Waals surface area contributed by atoms with Crippen LogP contribution in [0.25, 0.3) is 0 Å². The Labute approximate surface area is 86.4 Å². The second-order valence-corrected chi connectivity index (χ2v) is 3.31. The maximum atomic E-state index is 9.10. The Hall–Kier alpha value is 0.0200. The zero-order chi connectivity index (χ0) is 9.00. The summed E-state index contributed by atoms with van der Waals surface area (Å²) in [6, 6.07) is 0. The first kappa shape index (κ1) is 45.9. The predicted molar refractivity (Wildman–Crippen MR) is 55.6 cm³/mol. The summed E-state index contributed by atoms with van der Waals surface area (Å²) in [6.45, 7) is 0. The highest BCUT2D eigenvalue weighted by Gasteiger charge is 2.00. The molecule has 15 heteroatoms. The quantitative estimate of drug-likeness (QED) is 0.235. The molecule has 0 aromatic heterocycles. The Morgan fingerprint density at radius 1 is 0.667 bits per heavy atom. The molecule has 0 unspecified atom stereocenters. The molecular formula is H22N6O7P2. The van der Waals surface area contributed by atoms with Crippen molar-refractivity contribution in [3.63, 3.8) is 0 Å². The predicted octanol–water partition coefficient (Wildman–Crippen LogP) is -1.08. The number of hydrogen-bond donors (Lipinski definition) is 11. The minimum absolute atomic E-state index is 0. The molecule has 0 aliphatic heterocycles. The van der Waals surface area contributed by atoms with Crippen LogP contribution in [0.15, 0.2) is 0 Å². The molecule has 0 atom stereocenters. The molecule has 0 amide bonds. The molecule has 0 aliphatic rings. The van der Waals surface area contributed by atoms with E-state index in [1.165, 1.54) is 0 Å². The Bertz CT molecular complexity index is 134. The summed E-state index contributed by atoms with van der Waals surface area (Å²) in [4.78, 5) is 36.4. The van der Waals surface area contributed by atoms with Gasteiger partial charge in [0.15, 0.2) is 0 Å². The van der Waals surface area contributed by atoms with E-state index in [9.17, 15) is 0 Å². The van der Waals surface area contributed by atoms with Crippen LogP contribution in [0.2, 0.25) is 0 Å². The lowest BCUT2D eigenvalue weighted by atomic mass is 13.9. The molecule has 0 aromatic carbocycles. The molecule has 0 fully saturated rings. The monoisotopic (exact) mass is 280 g/mol. The van der Waals surface area contributed by atoms with Crippen LogP contribution >= 0.6 is 15.6 Å². The molecule has 0 saturated carbocycles. The molecule has 0 radical (unpaired) electrons. The molecule has 13 nitrogen and oxygen atoms in total. The molecular weight excluding hydrogens is 258 g/mol. The van der Waals surface area contributed by atoms with Gasteiger partial charge in [0.2, 0.25) is 0 Å². The fourth-order valence-corrected chi connectivity index (χ4v) is 0. The zero-order valence-electron chi connectivity index (χ0n) is 8.06. The van der Waals surface area contributed by atoms with Crippen LogP contribution in [-0.4, -0.2) is 24.5 Å². The van der Waals surface area contributed by atoms with Gasteiger partial charge >= 0.3 is 15.6 Å². The lowest BCUT2D eigenvalue weighted by Crippen LogP contribution is -1.87. The topological polar surface area (TPSA) is 336 Å². The number of hydrogen-bond acceptors (Lipinski definition) is 7. The normalized spacial score (nSPS) is 7.87. The Morgan fingerprint density at radius 2 is 0.667 bits per heavy atom. The van der Waals surface area contributed by atoms with Gasteiger partial charge in [0, 0.05) is 0 Å². The summed E-state index contributed by atoms with van der Waals surface area (Å²) < 4.78 is 18.0. The molecule has 22 N–H and O–H groups in total. The summed E-state index contributed by atoms with van der Waals surface area (Å²) in [5.41, 5.74) is 4.02. The molecule has 0 spiro atoms. The summed E-state index contributed by atoms with van der Waals surface area (Å²) in [7, 11) is -8.78. The van der Waals surface area contributed by atoms with Crippen molar-refractivity contribution in [2.45, 2.75) is 0 Å². The van der Waals surface area contributed by atoms with E-state index in [4.69, 9.17) is 33.6 Å². The van der Waals surface area contributed by atoms with Gasteiger partial charge in [-0.3, -0.25) is 0 Å². The van der Waals surface area contributed by atoms with Crippen molar-refractivity contribution in [3.8, 4) is 0 Å². The van der Waals surface area contributed by atoms with E-state index in [0.29, 0.717) is 0 Å². The average Bonchev–Trinajstić information content (AvgIpc) is 1.12. The van der Waals surface area contributed by atoms with Crippen molar-refractivity contribution in [1.82, 2.24) is 30.8 Å². The van der Waals surface area contributed by atoms with Gasteiger partial charge in [0.05, 0.1) is 0 Å². The molecule has 104 valence electrons. The molecule has 0 rings (SSSR count). The van der Waals surface area contributed by atoms with Crippen LogP contribution in [0.3, 0.4) is 0 Å². The van der Waals surface area contributed by atoms with E-state index < -0.39 is 15.6 Å². The van der Waals surface area contributed by atoms with Crippen molar-refractivity contribution in [1.29, 1.82) is 0 Å². The standard InChI is InChI=1S/H4NO3P.5H3N.H3O4P/c1-5(2,3)4;;;;;;1-5(2,3)4/h(H4,1,2,3,4);5*1H3;(H3,1,2,3,4). The summed E-state index contributed by atoms with van der Waals surface area (Å²) >= 11 is 0. The Kier molecular flexibility index (Phi) is 50.3. The Morgan fingerprint density at radius 3 is 0.667 bits per heavy atom. The maximum absolute atomic E-state index is 9.10. The van der Waals surface area contributed by atoms with Crippen molar-refractivity contribution in [2.24, 2.45) is 5.50 Å². The van der Waals surface area contributed by atoms with Crippen molar-refractivity contribution in [3.05, 3.63) is 0 Å². The first-order valence-electron chi connectivity index (χ1n) is 1.62. The van der Waals surface area contributed by atoms with E-state index in [1.54, 1.807) is 0 Å². The van der Waals surface area contributed by atoms with Crippen LogP contribution < -0.4 is 36.3 Å². The van der Waals surface area contributed by atoms with Crippen molar-refractivity contribution < 1.29 is 33.6 Å². The molecule has 0 bridgehead atoms. The van der Waals surface area contributed by atoms with Crippen LogP contribution in [0, 0.1) is 0 Å². The molecule has 0 heterocycles. The van der Waals surface area contributed by atoms with E-state index in [0.717, 1.165) is 0 Å². The SMILES string of the molecule is N.N.N.N.N.NP(=O)(O)O.O=P(O)(O)O. The third-order valence-electron chi connectivity index (χ3n) is 0. The highest BCUT2D eigenvalue weighted by Crippen LogP contribution is 2.25. The lowest BCUT2D eigenvalue weighted by molar-refractivity contribution is 0.275. The smallest absolute Gasteiger partial charge is 0.344 e. The lowest BCUT2D eigenvalue weighted by Gasteiger charge is -1.84. The Balaban J connectivity index is -0.0000000128. The van der Waals surface area contributed by atoms with Gasteiger partial charge in [-0.1, -0.05) is 0 Å². The first-order valence-corrected chi connectivity index (χ1v) is 4.87. The third kappa shape index (κ3) is 5060000. The summed E-state index contributed by atoms with van der Waals surface area (Å²) in [5, 5.41) is 0. The molecule has 0 saturated heterocycles. The maximum Gasteiger partial charge on any atom is 0.466 e. The second kappa shape index (κ2) is 16.4. The van der Waals surface area contributed by atoms with Crippen LogP contribution in [-0.2, 0) is 9.13 Å². The average molecular weight is 280 g/mol. The minimum Gasteiger partial charge on any atom is -0.344 e. The highest BCUT2D eigenvalue weighted by molar-refractivity contribution is 7.49. The zero-order valence-corrected chi connectivity index (χ0v) is 9.85. The van der Waals surface area contributed by atoms with Gasteiger partial charge in [-0.25, -0.2) is 14.6 Å². The van der Waals surface area contributed by atoms with Crippen LogP contribution in [0.4, 0.5) is 0 Å². The summed E-state index contributed by atoms with van der Waals surface area (Å²) in [5.74, 6) is 0. The highest BCUT2D eigenvalue weighted by atomic mass is 31.2. The number of nitrogens with two attached hydrogens (primary N) is 1. The van der Waals surface area contributed by atoms with Crippen molar-refractivity contribution >= 4 is 15.6 Å². The fourth-order valence-electron chi connectivity index (χ4n) is 0. The second-order valence-electron chi connectivity index (χ2n) is 1.10. The van der Waals surface area contributed by atoms with E-state index in [-0.39, 0.29) is 30.8 Å². The molecule has 15 heavy (non-hydrogen) atoms. The van der Waals surface area contributed by atoms with Gasteiger partial charge in [-0.15, -0.1) is 0 Å².